The molecule has 1 amide bonds. The van der Waals surface area contributed by atoms with Crippen LogP contribution in [0.5, 0.6) is 11.5 Å². The van der Waals surface area contributed by atoms with Crippen molar-refractivity contribution in [2.75, 3.05) is 20.8 Å². The van der Waals surface area contributed by atoms with Gasteiger partial charge >= 0.3 is 6.09 Å². The molecule has 4 rings (SSSR count). The lowest BCUT2D eigenvalue weighted by Crippen LogP contribution is -2.54. The Labute approximate surface area is 152 Å². The van der Waals surface area contributed by atoms with Crippen LogP contribution in [0.2, 0.25) is 0 Å². The van der Waals surface area contributed by atoms with Crippen LogP contribution in [0.15, 0.2) is 36.7 Å². The number of nitrogens with zero attached hydrogens (tertiary/aromatic N) is 2. The Bertz CT molecular complexity index is 870. The fraction of sp³-hybridized carbons (Fsp3) is 0.400. The first kappa shape index (κ1) is 16.7. The third kappa shape index (κ3) is 1.98. The molecule has 1 fully saturated rings. The van der Waals surface area contributed by atoms with E-state index >= 15 is 0 Å². The molecule has 2 aliphatic heterocycles. The van der Waals surface area contributed by atoms with E-state index in [2.05, 4.69) is 11.9 Å². The van der Waals surface area contributed by atoms with Gasteiger partial charge in [-0.15, -0.1) is 0 Å². The highest BCUT2D eigenvalue weighted by Gasteiger charge is 2.63. The molecule has 3 heterocycles. The monoisotopic (exact) mass is 354 g/mol. The number of methoxy groups -OCH3 is 2. The number of carbonyl (C=O) groups excluding carboxylic acids is 1. The lowest BCUT2D eigenvalue weighted by atomic mass is 9.69. The van der Waals surface area contributed by atoms with Gasteiger partial charge in [-0.25, -0.2) is 4.79 Å². The van der Waals surface area contributed by atoms with Gasteiger partial charge in [0.2, 0.25) is 0 Å². The number of ether oxygens (including phenoxy) is 3. The number of hydrogen-bond acceptors (Lipinski definition) is 5. The number of rotatable bonds is 3. The normalized spacial score (nSPS) is 26.8. The average Bonchev–Trinajstić information content (AvgIpc) is 2.88. The van der Waals surface area contributed by atoms with Gasteiger partial charge in [0, 0.05) is 24.5 Å². The van der Waals surface area contributed by atoms with Gasteiger partial charge in [0.05, 0.1) is 14.2 Å². The van der Waals surface area contributed by atoms with Crippen molar-refractivity contribution in [1.29, 1.82) is 0 Å². The Kier molecular flexibility index (Phi) is 3.61. The van der Waals surface area contributed by atoms with Gasteiger partial charge in [-0.1, -0.05) is 6.07 Å². The molecular weight excluding hydrogens is 332 g/mol. The van der Waals surface area contributed by atoms with Crippen molar-refractivity contribution in [3.63, 3.8) is 0 Å². The van der Waals surface area contributed by atoms with E-state index in [0.717, 1.165) is 23.1 Å². The third-order valence-corrected chi connectivity index (χ3v) is 5.93. The highest BCUT2D eigenvalue weighted by atomic mass is 16.6. The van der Waals surface area contributed by atoms with Gasteiger partial charge in [-0.2, -0.15) is 0 Å². The summed E-state index contributed by atoms with van der Waals surface area (Å²) < 4.78 is 16.9. The molecule has 6 heteroatoms. The number of hydrogen-bond donors (Lipinski definition) is 0. The van der Waals surface area contributed by atoms with Crippen LogP contribution in [0.4, 0.5) is 4.79 Å². The Morgan fingerprint density at radius 1 is 1.19 bits per heavy atom. The summed E-state index contributed by atoms with van der Waals surface area (Å²) in [5, 5.41) is 0. The summed E-state index contributed by atoms with van der Waals surface area (Å²) >= 11 is 0. The maximum Gasteiger partial charge on any atom is 0.411 e. The van der Waals surface area contributed by atoms with Crippen molar-refractivity contribution in [1.82, 2.24) is 9.88 Å². The average molecular weight is 354 g/mol. The summed E-state index contributed by atoms with van der Waals surface area (Å²) in [5.41, 5.74) is 1.46. The summed E-state index contributed by atoms with van der Waals surface area (Å²) in [4.78, 5) is 18.8. The van der Waals surface area contributed by atoms with Crippen molar-refractivity contribution >= 4 is 6.09 Å². The molecule has 1 saturated heterocycles. The van der Waals surface area contributed by atoms with E-state index in [1.807, 2.05) is 36.1 Å². The van der Waals surface area contributed by atoms with E-state index in [-0.39, 0.29) is 6.09 Å². The van der Waals surface area contributed by atoms with Crippen molar-refractivity contribution in [3.05, 3.63) is 53.3 Å². The molecule has 0 unspecified atom stereocenters. The highest BCUT2D eigenvalue weighted by molar-refractivity contribution is 5.75. The number of cyclic esters (lactones) is 1. The zero-order valence-corrected chi connectivity index (χ0v) is 15.4. The molecule has 136 valence electrons. The summed E-state index contributed by atoms with van der Waals surface area (Å²) in [5.74, 6) is 1.33. The molecule has 0 bridgehead atoms. The standard InChI is InChI=1S/C20H22N2O4/c1-19-15-11-17(25-4)16(24-3)10-13(15)7-9-22(19)18(23)26-20(19,2)14-6-5-8-21-12-14/h5-6,8,10-12H,7,9H2,1-4H3/t19-,20-/m1/s1. The zero-order valence-electron chi connectivity index (χ0n) is 15.4. The smallest absolute Gasteiger partial charge is 0.411 e. The molecular formula is C20H22N2O4. The van der Waals surface area contributed by atoms with Gasteiger partial charge in [0.25, 0.3) is 0 Å². The second-order valence-electron chi connectivity index (χ2n) is 6.98. The molecule has 1 aromatic heterocycles. The third-order valence-electron chi connectivity index (χ3n) is 5.93. The van der Waals surface area contributed by atoms with Gasteiger partial charge < -0.3 is 14.2 Å². The second kappa shape index (κ2) is 5.62. The molecule has 0 aliphatic carbocycles. The van der Waals surface area contributed by atoms with Crippen molar-refractivity contribution in [2.24, 2.45) is 0 Å². The van der Waals surface area contributed by atoms with Gasteiger partial charge in [-0.3, -0.25) is 9.88 Å². The molecule has 26 heavy (non-hydrogen) atoms. The molecule has 2 atom stereocenters. The van der Waals surface area contributed by atoms with E-state index < -0.39 is 11.1 Å². The molecule has 0 saturated carbocycles. The minimum absolute atomic E-state index is 0.306. The Morgan fingerprint density at radius 2 is 1.92 bits per heavy atom. The molecule has 2 aliphatic rings. The summed E-state index contributed by atoms with van der Waals surface area (Å²) in [6.07, 6.45) is 3.91. The molecule has 2 aromatic rings. The maximum absolute atomic E-state index is 12.7. The Balaban J connectivity index is 1.97. The fourth-order valence-corrected chi connectivity index (χ4v) is 4.28. The quantitative estimate of drug-likeness (QED) is 0.847. The summed E-state index contributed by atoms with van der Waals surface area (Å²) in [7, 11) is 3.24. The Morgan fingerprint density at radius 3 is 2.58 bits per heavy atom. The van der Waals surface area contributed by atoms with Crippen LogP contribution in [0, 0.1) is 0 Å². The zero-order chi connectivity index (χ0) is 18.5. The van der Waals surface area contributed by atoms with E-state index in [9.17, 15) is 4.79 Å². The van der Waals surface area contributed by atoms with Crippen LogP contribution >= 0.6 is 0 Å². The van der Waals surface area contributed by atoms with E-state index in [1.54, 1.807) is 26.6 Å². The molecule has 0 N–H and O–H groups in total. The lowest BCUT2D eigenvalue weighted by molar-refractivity contribution is -0.00284. The van der Waals surface area contributed by atoms with Crippen LogP contribution in [-0.4, -0.2) is 36.7 Å². The number of fused-ring (bicyclic) bond motifs is 3. The number of aromatic nitrogens is 1. The molecule has 0 spiro atoms. The first-order valence-electron chi connectivity index (χ1n) is 8.62. The predicted molar refractivity (Wildman–Crippen MR) is 95.4 cm³/mol. The number of amides is 1. The van der Waals surface area contributed by atoms with Crippen LogP contribution in [0.3, 0.4) is 0 Å². The SMILES string of the molecule is COc1cc2c(cc1OC)[C@@]1(C)N(CC2)C(=O)O[C@]1(C)c1cccnc1. The van der Waals surface area contributed by atoms with E-state index in [0.29, 0.717) is 18.0 Å². The van der Waals surface area contributed by atoms with Gasteiger partial charge in [0.15, 0.2) is 17.1 Å². The van der Waals surface area contributed by atoms with E-state index in [4.69, 9.17) is 14.2 Å². The van der Waals surface area contributed by atoms with Crippen molar-refractivity contribution in [2.45, 2.75) is 31.4 Å². The van der Waals surface area contributed by atoms with E-state index in [1.165, 1.54) is 0 Å². The van der Waals surface area contributed by atoms with Crippen molar-refractivity contribution in [3.8, 4) is 11.5 Å². The summed E-state index contributed by atoms with van der Waals surface area (Å²) in [6, 6.07) is 7.78. The van der Waals surface area contributed by atoms with Crippen molar-refractivity contribution < 1.29 is 19.0 Å². The van der Waals surface area contributed by atoms with Crippen LogP contribution < -0.4 is 9.47 Å². The topological polar surface area (TPSA) is 60.9 Å². The number of benzene rings is 1. The molecule has 6 nitrogen and oxygen atoms in total. The molecule has 0 radical (unpaired) electrons. The van der Waals surface area contributed by atoms with Gasteiger partial charge in [-0.05, 0) is 49.6 Å². The highest BCUT2D eigenvalue weighted by Crippen LogP contribution is 2.56. The first-order chi connectivity index (χ1) is 12.5. The second-order valence-corrected chi connectivity index (χ2v) is 6.98. The first-order valence-corrected chi connectivity index (χ1v) is 8.62. The summed E-state index contributed by atoms with van der Waals surface area (Å²) in [6.45, 7) is 4.59. The minimum Gasteiger partial charge on any atom is -0.493 e. The van der Waals surface area contributed by atoms with Crippen LogP contribution in [0.25, 0.3) is 0 Å². The largest absolute Gasteiger partial charge is 0.493 e. The molecule has 1 aromatic carbocycles. The minimum atomic E-state index is -0.868. The van der Waals surface area contributed by atoms with Crippen LogP contribution in [0.1, 0.15) is 30.5 Å². The fourth-order valence-electron chi connectivity index (χ4n) is 4.28. The maximum atomic E-state index is 12.7. The predicted octanol–water partition coefficient (Wildman–Crippen LogP) is 3.24. The number of carbonyl (C=O) groups is 1. The lowest BCUT2D eigenvalue weighted by Gasteiger charge is -2.46. The van der Waals surface area contributed by atoms with Gasteiger partial charge in [0.1, 0.15) is 5.54 Å². The number of pyridine rings is 1. The Hall–Kier alpha value is -2.76. The van der Waals surface area contributed by atoms with Crippen LogP contribution in [-0.2, 0) is 22.3 Å².